The van der Waals surface area contributed by atoms with Crippen LogP contribution in [0.15, 0.2) is 30.3 Å². The Kier molecular flexibility index (Phi) is 4.79. The van der Waals surface area contributed by atoms with Gasteiger partial charge in [0.25, 0.3) is 0 Å². The van der Waals surface area contributed by atoms with E-state index in [-0.39, 0.29) is 5.78 Å². The monoisotopic (exact) mass is 214 g/mol. The first-order valence-corrected chi connectivity index (χ1v) is 5.69. The Morgan fingerprint density at radius 2 is 1.81 bits per heavy atom. The highest BCUT2D eigenvalue weighted by molar-refractivity contribution is 5.96. The lowest BCUT2D eigenvalue weighted by Crippen LogP contribution is -2.09. The molecule has 1 nitrogen and oxygen atoms in total. The minimum Gasteiger partial charge on any atom is -0.285 e. The van der Waals surface area contributed by atoms with E-state index in [0.29, 0.717) is 18.3 Å². The molecule has 0 N–H and O–H groups in total. The van der Waals surface area contributed by atoms with Crippen LogP contribution in [0.3, 0.4) is 0 Å². The van der Waals surface area contributed by atoms with E-state index in [9.17, 15) is 4.79 Å². The average molecular weight is 214 g/mol. The zero-order valence-electron chi connectivity index (χ0n) is 10.2. The molecule has 16 heavy (non-hydrogen) atoms. The number of hydrogen-bond acceptors (Lipinski definition) is 1. The number of benzene rings is 1. The van der Waals surface area contributed by atoms with Gasteiger partial charge >= 0.3 is 0 Å². The van der Waals surface area contributed by atoms with Crippen LogP contribution in [0, 0.1) is 23.7 Å². The number of hydrogen-bond donors (Lipinski definition) is 0. The van der Waals surface area contributed by atoms with Gasteiger partial charge in [-0.3, -0.25) is 4.79 Å². The van der Waals surface area contributed by atoms with Crippen molar-refractivity contribution < 1.29 is 4.79 Å². The summed E-state index contributed by atoms with van der Waals surface area (Å²) < 4.78 is 0. The summed E-state index contributed by atoms with van der Waals surface area (Å²) >= 11 is 0. The summed E-state index contributed by atoms with van der Waals surface area (Å²) in [5.74, 6) is 6.55. The third-order valence-corrected chi connectivity index (χ3v) is 2.77. The van der Waals surface area contributed by atoms with Gasteiger partial charge in [-0.15, -0.1) is 0 Å². The predicted octanol–water partition coefficient (Wildman–Crippen LogP) is 3.29. The number of ketones is 1. The van der Waals surface area contributed by atoms with E-state index in [4.69, 9.17) is 0 Å². The Balaban J connectivity index is 2.56. The van der Waals surface area contributed by atoms with E-state index in [1.54, 1.807) is 0 Å². The van der Waals surface area contributed by atoms with Crippen molar-refractivity contribution in [1.29, 1.82) is 0 Å². The molecule has 0 fully saturated rings. The molecule has 0 heterocycles. The van der Waals surface area contributed by atoms with Crippen molar-refractivity contribution in [3.63, 3.8) is 0 Å². The molecule has 1 atom stereocenters. The molecule has 0 aromatic heterocycles. The lowest BCUT2D eigenvalue weighted by Gasteiger charge is -2.11. The third kappa shape index (κ3) is 4.31. The molecule has 0 spiro atoms. The number of rotatable bonds is 3. The van der Waals surface area contributed by atoms with Crippen LogP contribution in [0.25, 0.3) is 0 Å². The van der Waals surface area contributed by atoms with Crippen molar-refractivity contribution in [3.05, 3.63) is 35.9 Å². The number of carbonyl (C=O) groups is 1. The summed E-state index contributed by atoms with van der Waals surface area (Å²) in [6, 6.07) is 9.60. The molecule has 84 valence electrons. The van der Waals surface area contributed by atoms with Crippen LogP contribution in [-0.2, 0) is 4.79 Å². The Labute approximate surface area is 97.9 Å². The summed E-state index contributed by atoms with van der Waals surface area (Å²) in [6.45, 7) is 6.35. The number of carbonyl (C=O) groups excluding carboxylic acids is 1. The molecule has 0 saturated carbocycles. The van der Waals surface area contributed by atoms with E-state index in [1.807, 2.05) is 30.3 Å². The van der Waals surface area contributed by atoms with Gasteiger partial charge in [-0.25, -0.2) is 0 Å². The quantitative estimate of drug-likeness (QED) is 0.706. The van der Waals surface area contributed by atoms with Crippen LogP contribution in [0.4, 0.5) is 0 Å². The first kappa shape index (κ1) is 12.5. The van der Waals surface area contributed by atoms with Crippen LogP contribution in [0.1, 0.15) is 32.8 Å². The molecular weight excluding hydrogens is 196 g/mol. The van der Waals surface area contributed by atoms with Crippen molar-refractivity contribution in [1.82, 2.24) is 0 Å². The zero-order valence-corrected chi connectivity index (χ0v) is 10.2. The van der Waals surface area contributed by atoms with Crippen LogP contribution in [0.2, 0.25) is 0 Å². The van der Waals surface area contributed by atoms with Crippen LogP contribution < -0.4 is 0 Å². The van der Waals surface area contributed by atoms with Gasteiger partial charge in [-0.2, -0.15) is 0 Å². The lowest BCUT2D eigenvalue weighted by atomic mass is 9.93. The van der Waals surface area contributed by atoms with Crippen molar-refractivity contribution in [2.24, 2.45) is 11.8 Å². The normalized spacial score (nSPS) is 11.8. The fraction of sp³-hybridized carbons (Fsp3) is 0.400. The second kappa shape index (κ2) is 6.12. The molecule has 0 aliphatic rings. The maximum atomic E-state index is 11.6. The van der Waals surface area contributed by atoms with Crippen LogP contribution in [0.5, 0.6) is 0 Å². The van der Waals surface area contributed by atoms with Gasteiger partial charge in [-0.1, -0.05) is 44.9 Å². The topological polar surface area (TPSA) is 17.1 Å². The van der Waals surface area contributed by atoms with Gasteiger partial charge in [0, 0.05) is 12.0 Å². The summed E-state index contributed by atoms with van der Waals surface area (Å²) in [7, 11) is 0. The Hall–Kier alpha value is -1.55. The van der Waals surface area contributed by atoms with Crippen molar-refractivity contribution >= 4 is 5.78 Å². The molecule has 1 aromatic rings. The number of Topliss-reactive ketones (excluding diaryl/α,β-unsaturated/α-hetero) is 1. The smallest absolute Gasteiger partial charge is 0.206 e. The Bertz CT molecular complexity index is 392. The lowest BCUT2D eigenvalue weighted by molar-refractivity contribution is -0.114. The van der Waals surface area contributed by atoms with Crippen molar-refractivity contribution in [2.45, 2.75) is 27.2 Å². The largest absolute Gasteiger partial charge is 0.285 e. The van der Waals surface area contributed by atoms with Gasteiger partial charge in [0.2, 0.25) is 5.78 Å². The minimum absolute atomic E-state index is 0.0325. The van der Waals surface area contributed by atoms with Crippen molar-refractivity contribution in [2.75, 3.05) is 0 Å². The van der Waals surface area contributed by atoms with Crippen LogP contribution in [-0.4, -0.2) is 5.78 Å². The Morgan fingerprint density at radius 1 is 1.19 bits per heavy atom. The van der Waals surface area contributed by atoms with Gasteiger partial charge in [0.05, 0.1) is 0 Å². The molecule has 1 aromatic carbocycles. The van der Waals surface area contributed by atoms with Gasteiger partial charge in [-0.05, 0) is 29.9 Å². The molecule has 0 bridgehead atoms. The summed E-state index contributed by atoms with van der Waals surface area (Å²) in [6.07, 6.45) is 0.553. The van der Waals surface area contributed by atoms with Crippen LogP contribution >= 0.6 is 0 Å². The molecule has 1 rings (SSSR count). The molecule has 0 amide bonds. The second-order valence-corrected chi connectivity index (χ2v) is 4.46. The fourth-order valence-corrected chi connectivity index (χ4v) is 1.24. The second-order valence-electron chi connectivity index (χ2n) is 4.46. The van der Waals surface area contributed by atoms with E-state index in [0.717, 1.165) is 5.56 Å². The molecular formula is C15H18O. The summed E-state index contributed by atoms with van der Waals surface area (Å²) in [4.78, 5) is 11.6. The standard InChI is InChI=1S/C15H18O/c1-12(2)13(3)11-15(16)10-9-14-7-5-4-6-8-14/h4-8,12-13H,11H2,1-3H3. The van der Waals surface area contributed by atoms with Gasteiger partial charge in [0.1, 0.15) is 0 Å². The first-order chi connectivity index (χ1) is 7.59. The highest BCUT2D eigenvalue weighted by Crippen LogP contribution is 2.13. The highest BCUT2D eigenvalue weighted by atomic mass is 16.1. The SMILES string of the molecule is CC(C)C(C)CC(=O)C#Cc1ccccc1. The molecule has 0 saturated heterocycles. The fourth-order valence-electron chi connectivity index (χ4n) is 1.24. The molecule has 1 unspecified atom stereocenters. The van der Waals surface area contributed by atoms with E-state index in [1.165, 1.54) is 0 Å². The predicted molar refractivity (Wildman–Crippen MR) is 66.9 cm³/mol. The highest BCUT2D eigenvalue weighted by Gasteiger charge is 2.10. The van der Waals surface area contributed by atoms with E-state index < -0.39 is 0 Å². The molecule has 0 aliphatic heterocycles. The molecule has 0 aliphatic carbocycles. The average Bonchev–Trinajstić information content (AvgIpc) is 2.27. The molecule has 0 radical (unpaired) electrons. The van der Waals surface area contributed by atoms with E-state index >= 15 is 0 Å². The maximum absolute atomic E-state index is 11.6. The maximum Gasteiger partial charge on any atom is 0.206 e. The Morgan fingerprint density at radius 3 is 2.38 bits per heavy atom. The first-order valence-electron chi connectivity index (χ1n) is 5.69. The zero-order chi connectivity index (χ0) is 12.0. The third-order valence-electron chi connectivity index (χ3n) is 2.77. The van der Waals surface area contributed by atoms with E-state index in [2.05, 4.69) is 32.6 Å². The van der Waals surface area contributed by atoms with Gasteiger partial charge in [0.15, 0.2) is 0 Å². The summed E-state index contributed by atoms with van der Waals surface area (Å²) in [5.41, 5.74) is 0.896. The van der Waals surface area contributed by atoms with Gasteiger partial charge < -0.3 is 0 Å². The minimum atomic E-state index is 0.0325. The summed E-state index contributed by atoms with van der Waals surface area (Å²) in [5, 5.41) is 0. The van der Waals surface area contributed by atoms with Crippen molar-refractivity contribution in [3.8, 4) is 11.8 Å². The molecule has 1 heteroatoms.